The average molecular weight is 245 g/mol. The molecule has 0 aliphatic carbocycles. The number of nitrogens with zero attached hydrogens (tertiary/aromatic N) is 4. The lowest BCUT2D eigenvalue weighted by atomic mass is 10.2. The fourth-order valence-corrected chi connectivity index (χ4v) is 1.67. The van der Waals surface area contributed by atoms with E-state index in [4.69, 9.17) is 5.84 Å². The zero-order valence-corrected chi connectivity index (χ0v) is 10.4. The van der Waals surface area contributed by atoms with Crippen LogP contribution in [0.4, 0.5) is 5.95 Å². The van der Waals surface area contributed by atoms with E-state index in [1.165, 1.54) is 9.58 Å². The Bertz CT molecular complexity index is 591. The van der Waals surface area contributed by atoms with Crippen LogP contribution in [0.2, 0.25) is 0 Å². The Morgan fingerprint density at radius 2 is 1.94 bits per heavy atom. The lowest BCUT2D eigenvalue weighted by Crippen LogP contribution is -2.33. The Labute approximate surface area is 105 Å². The highest BCUT2D eigenvalue weighted by molar-refractivity contribution is 5.56. The monoisotopic (exact) mass is 245 g/mol. The standard InChI is InChI=1S/C12H15N5O/c1-3-17-10(9-7-5-4-6-8-9)14-11(16(2)13)15-12(17)18/h4-8H,3,13H2,1-2H3. The molecule has 1 aromatic carbocycles. The Balaban J connectivity index is 2.68. The van der Waals surface area contributed by atoms with Gasteiger partial charge in [0.1, 0.15) is 5.82 Å². The number of nitrogens with two attached hydrogens (primary N) is 1. The summed E-state index contributed by atoms with van der Waals surface area (Å²) in [6.45, 7) is 2.39. The fraction of sp³-hybridized carbons (Fsp3) is 0.250. The smallest absolute Gasteiger partial charge is 0.282 e. The summed E-state index contributed by atoms with van der Waals surface area (Å²) in [7, 11) is 1.60. The summed E-state index contributed by atoms with van der Waals surface area (Å²) in [6.07, 6.45) is 0. The van der Waals surface area contributed by atoms with Crippen LogP contribution in [0.25, 0.3) is 11.4 Å². The summed E-state index contributed by atoms with van der Waals surface area (Å²) in [4.78, 5) is 20.1. The molecule has 0 saturated heterocycles. The Morgan fingerprint density at radius 1 is 1.28 bits per heavy atom. The van der Waals surface area contributed by atoms with Gasteiger partial charge in [-0.1, -0.05) is 30.3 Å². The molecule has 2 N–H and O–H groups in total. The summed E-state index contributed by atoms with van der Waals surface area (Å²) >= 11 is 0. The molecule has 0 saturated carbocycles. The quantitative estimate of drug-likeness (QED) is 0.634. The number of anilines is 1. The first kappa shape index (κ1) is 12.3. The number of aromatic nitrogens is 3. The van der Waals surface area contributed by atoms with Gasteiger partial charge in [-0.25, -0.2) is 10.6 Å². The molecule has 0 aliphatic heterocycles. The molecular formula is C12H15N5O. The highest BCUT2D eigenvalue weighted by atomic mass is 16.1. The second kappa shape index (κ2) is 4.97. The SMILES string of the molecule is CCn1c(-c2ccccc2)nc(N(C)N)nc1=O. The van der Waals surface area contributed by atoms with Crippen LogP contribution in [-0.2, 0) is 6.54 Å². The zero-order valence-electron chi connectivity index (χ0n) is 10.4. The lowest BCUT2D eigenvalue weighted by molar-refractivity contribution is 0.679. The van der Waals surface area contributed by atoms with E-state index in [0.717, 1.165) is 5.56 Å². The number of hydrogen-bond donors (Lipinski definition) is 1. The molecule has 0 radical (unpaired) electrons. The zero-order chi connectivity index (χ0) is 13.1. The van der Waals surface area contributed by atoms with E-state index in [1.54, 1.807) is 7.05 Å². The van der Waals surface area contributed by atoms with E-state index < -0.39 is 0 Å². The maximum atomic E-state index is 11.9. The van der Waals surface area contributed by atoms with Gasteiger partial charge in [0.05, 0.1) is 0 Å². The van der Waals surface area contributed by atoms with Crippen molar-refractivity contribution < 1.29 is 0 Å². The number of benzene rings is 1. The lowest BCUT2D eigenvalue weighted by Gasteiger charge is -2.14. The third-order valence-electron chi connectivity index (χ3n) is 2.55. The van der Waals surface area contributed by atoms with Crippen LogP contribution in [-0.4, -0.2) is 21.6 Å². The molecule has 6 nitrogen and oxygen atoms in total. The van der Waals surface area contributed by atoms with Gasteiger partial charge in [0.25, 0.3) is 0 Å². The van der Waals surface area contributed by atoms with Crippen LogP contribution in [0.1, 0.15) is 6.92 Å². The van der Waals surface area contributed by atoms with E-state index >= 15 is 0 Å². The van der Waals surface area contributed by atoms with Gasteiger partial charge in [0.15, 0.2) is 0 Å². The first-order valence-electron chi connectivity index (χ1n) is 5.66. The molecule has 0 fully saturated rings. The molecule has 18 heavy (non-hydrogen) atoms. The van der Waals surface area contributed by atoms with Crippen LogP contribution < -0.4 is 16.5 Å². The molecule has 6 heteroatoms. The van der Waals surface area contributed by atoms with E-state index in [9.17, 15) is 4.79 Å². The van der Waals surface area contributed by atoms with Crippen molar-refractivity contribution in [3.8, 4) is 11.4 Å². The predicted molar refractivity (Wildman–Crippen MR) is 70.0 cm³/mol. The van der Waals surface area contributed by atoms with E-state index in [2.05, 4.69) is 9.97 Å². The molecule has 0 aliphatic rings. The highest BCUT2D eigenvalue weighted by Crippen LogP contribution is 2.16. The minimum Gasteiger partial charge on any atom is -0.282 e. The van der Waals surface area contributed by atoms with Gasteiger partial charge in [-0.05, 0) is 6.92 Å². The normalized spacial score (nSPS) is 10.4. The van der Waals surface area contributed by atoms with E-state index in [1.807, 2.05) is 37.3 Å². The van der Waals surface area contributed by atoms with E-state index in [0.29, 0.717) is 12.4 Å². The molecule has 0 spiro atoms. The summed E-state index contributed by atoms with van der Waals surface area (Å²) < 4.78 is 1.52. The topological polar surface area (TPSA) is 77.0 Å². The molecule has 1 aromatic heterocycles. The minimum absolute atomic E-state index is 0.212. The average Bonchev–Trinajstić information content (AvgIpc) is 2.38. The third-order valence-corrected chi connectivity index (χ3v) is 2.55. The van der Waals surface area contributed by atoms with Gasteiger partial charge >= 0.3 is 5.69 Å². The van der Waals surface area contributed by atoms with Gasteiger partial charge in [0.2, 0.25) is 5.95 Å². The van der Waals surface area contributed by atoms with Crippen LogP contribution >= 0.6 is 0 Å². The first-order chi connectivity index (χ1) is 8.63. The molecule has 0 atom stereocenters. The van der Waals surface area contributed by atoms with Crippen LogP contribution in [0.15, 0.2) is 35.1 Å². The van der Waals surface area contributed by atoms with Crippen molar-refractivity contribution in [3.63, 3.8) is 0 Å². The van der Waals surface area contributed by atoms with Crippen LogP contribution in [0, 0.1) is 0 Å². The first-order valence-corrected chi connectivity index (χ1v) is 5.66. The van der Waals surface area contributed by atoms with Crippen molar-refractivity contribution in [2.75, 3.05) is 12.1 Å². The number of hydrogen-bond acceptors (Lipinski definition) is 5. The molecule has 1 heterocycles. The summed E-state index contributed by atoms with van der Waals surface area (Å²) in [5.41, 5.74) is 0.514. The van der Waals surface area contributed by atoms with Crippen LogP contribution in [0.5, 0.6) is 0 Å². The molecule has 2 aromatic rings. The summed E-state index contributed by atoms with van der Waals surface area (Å²) in [6, 6.07) is 9.50. The molecule has 2 rings (SSSR count). The van der Waals surface area contributed by atoms with Gasteiger partial charge in [-0.2, -0.15) is 9.97 Å². The van der Waals surface area contributed by atoms with Crippen molar-refractivity contribution in [2.45, 2.75) is 13.5 Å². The van der Waals surface area contributed by atoms with Crippen molar-refractivity contribution in [1.29, 1.82) is 0 Å². The Hall–Kier alpha value is -2.21. The minimum atomic E-state index is -0.348. The molecule has 94 valence electrons. The second-order valence-corrected chi connectivity index (χ2v) is 3.85. The highest BCUT2D eigenvalue weighted by Gasteiger charge is 2.11. The number of hydrazine groups is 1. The van der Waals surface area contributed by atoms with Crippen molar-refractivity contribution in [2.24, 2.45) is 5.84 Å². The fourth-order valence-electron chi connectivity index (χ4n) is 1.67. The van der Waals surface area contributed by atoms with Gasteiger partial charge in [0, 0.05) is 19.2 Å². The van der Waals surface area contributed by atoms with Gasteiger partial charge in [-0.3, -0.25) is 9.58 Å². The van der Waals surface area contributed by atoms with Crippen molar-refractivity contribution in [3.05, 3.63) is 40.8 Å². The molecule has 0 amide bonds. The van der Waals surface area contributed by atoms with Gasteiger partial charge < -0.3 is 0 Å². The maximum absolute atomic E-state index is 11.9. The number of rotatable bonds is 3. The Kier molecular flexibility index (Phi) is 3.38. The van der Waals surface area contributed by atoms with E-state index in [-0.39, 0.29) is 11.6 Å². The molecule has 0 bridgehead atoms. The van der Waals surface area contributed by atoms with Crippen molar-refractivity contribution >= 4 is 5.95 Å². The third kappa shape index (κ3) is 2.23. The Morgan fingerprint density at radius 3 is 2.50 bits per heavy atom. The molecule has 0 unspecified atom stereocenters. The van der Waals surface area contributed by atoms with Crippen molar-refractivity contribution in [1.82, 2.24) is 14.5 Å². The maximum Gasteiger partial charge on any atom is 0.352 e. The summed E-state index contributed by atoms with van der Waals surface area (Å²) in [5, 5.41) is 1.23. The second-order valence-electron chi connectivity index (χ2n) is 3.85. The largest absolute Gasteiger partial charge is 0.352 e. The summed E-state index contributed by atoms with van der Waals surface area (Å²) in [5.74, 6) is 6.37. The predicted octanol–water partition coefficient (Wildman–Crippen LogP) is 0.635. The van der Waals surface area contributed by atoms with Gasteiger partial charge in [-0.15, -0.1) is 0 Å². The van der Waals surface area contributed by atoms with Crippen LogP contribution in [0.3, 0.4) is 0 Å². The molecular weight excluding hydrogens is 230 g/mol.